The van der Waals surface area contributed by atoms with Crippen molar-refractivity contribution in [3.63, 3.8) is 0 Å². The summed E-state index contributed by atoms with van der Waals surface area (Å²) in [5.74, 6) is 1.97. The zero-order chi connectivity index (χ0) is 17.6. The summed E-state index contributed by atoms with van der Waals surface area (Å²) in [6, 6.07) is 8.29. The van der Waals surface area contributed by atoms with E-state index < -0.39 is 0 Å². The molecule has 0 amide bonds. The lowest BCUT2D eigenvalue weighted by Crippen LogP contribution is -2.01. The van der Waals surface area contributed by atoms with Gasteiger partial charge in [0.1, 0.15) is 11.5 Å². The maximum absolute atomic E-state index is 6.04. The SMILES string of the molecule is Cc1cc(CCCCCOc2c(C)cc(-c3ccoc3)cc2C)on1. The van der Waals surface area contributed by atoms with Crippen LogP contribution in [-0.2, 0) is 6.42 Å². The van der Waals surface area contributed by atoms with Gasteiger partial charge in [0.15, 0.2) is 0 Å². The number of ether oxygens (including phenoxy) is 1. The standard InChI is InChI=1S/C21H25NO3/c1-15-11-19(18-8-10-23-14-18)12-16(2)21(15)24-9-6-4-5-7-20-13-17(3)22-25-20/h8,10-14H,4-7,9H2,1-3H3. The number of aromatic nitrogens is 1. The van der Waals surface area contributed by atoms with Crippen LogP contribution >= 0.6 is 0 Å². The van der Waals surface area contributed by atoms with Crippen LogP contribution in [0.1, 0.15) is 41.8 Å². The van der Waals surface area contributed by atoms with Gasteiger partial charge in [-0.15, -0.1) is 0 Å². The number of aryl methyl sites for hydroxylation is 4. The molecule has 1 aromatic carbocycles. The molecule has 4 nitrogen and oxygen atoms in total. The molecule has 0 fully saturated rings. The second-order valence-corrected chi connectivity index (χ2v) is 6.54. The van der Waals surface area contributed by atoms with Crippen molar-refractivity contribution in [2.75, 3.05) is 6.61 Å². The third-order valence-electron chi connectivity index (χ3n) is 4.31. The summed E-state index contributed by atoms with van der Waals surface area (Å²) < 4.78 is 16.4. The van der Waals surface area contributed by atoms with Gasteiger partial charge >= 0.3 is 0 Å². The van der Waals surface area contributed by atoms with E-state index in [-0.39, 0.29) is 0 Å². The average molecular weight is 339 g/mol. The third kappa shape index (κ3) is 4.53. The predicted molar refractivity (Wildman–Crippen MR) is 97.9 cm³/mol. The van der Waals surface area contributed by atoms with E-state index in [1.165, 1.54) is 5.56 Å². The summed E-state index contributed by atoms with van der Waals surface area (Å²) >= 11 is 0. The van der Waals surface area contributed by atoms with E-state index in [9.17, 15) is 0 Å². The Hall–Kier alpha value is -2.49. The van der Waals surface area contributed by atoms with Crippen LogP contribution in [-0.4, -0.2) is 11.8 Å². The number of furan rings is 1. The molecular formula is C21H25NO3. The number of nitrogens with zero attached hydrogens (tertiary/aromatic N) is 1. The van der Waals surface area contributed by atoms with E-state index >= 15 is 0 Å². The summed E-state index contributed by atoms with van der Waals surface area (Å²) in [5, 5.41) is 3.91. The van der Waals surface area contributed by atoms with Gasteiger partial charge in [-0.2, -0.15) is 0 Å². The van der Waals surface area contributed by atoms with Crippen LogP contribution in [0.2, 0.25) is 0 Å². The van der Waals surface area contributed by atoms with Crippen molar-refractivity contribution < 1.29 is 13.7 Å². The maximum atomic E-state index is 6.04. The Morgan fingerprint density at radius 2 is 1.76 bits per heavy atom. The van der Waals surface area contributed by atoms with Gasteiger partial charge in [-0.05, 0) is 74.9 Å². The van der Waals surface area contributed by atoms with Crippen molar-refractivity contribution >= 4 is 0 Å². The van der Waals surface area contributed by atoms with Crippen LogP contribution in [0, 0.1) is 20.8 Å². The van der Waals surface area contributed by atoms with Gasteiger partial charge in [0.2, 0.25) is 0 Å². The molecule has 0 aliphatic rings. The minimum atomic E-state index is 0.738. The molecule has 0 unspecified atom stereocenters. The highest BCUT2D eigenvalue weighted by Crippen LogP contribution is 2.30. The molecule has 0 aliphatic heterocycles. The fraction of sp³-hybridized carbons (Fsp3) is 0.381. The van der Waals surface area contributed by atoms with Crippen LogP contribution in [0.4, 0.5) is 0 Å². The Morgan fingerprint density at radius 1 is 0.960 bits per heavy atom. The first kappa shape index (κ1) is 17.3. The first-order chi connectivity index (χ1) is 12.1. The van der Waals surface area contributed by atoms with Gasteiger partial charge in [0.05, 0.1) is 24.8 Å². The zero-order valence-electron chi connectivity index (χ0n) is 15.2. The highest BCUT2D eigenvalue weighted by Gasteiger charge is 2.09. The smallest absolute Gasteiger partial charge is 0.136 e. The molecule has 0 saturated carbocycles. The molecule has 0 bridgehead atoms. The molecule has 132 valence electrons. The number of benzene rings is 1. The normalized spacial score (nSPS) is 11.0. The summed E-state index contributed by atoms with van der Waals surface area (Å²) in [5.41, 5.74) is 5.53. The van der Waals surface area contributed by atoms with E-state index in [1.807, 2.05) is 19.1 Å². The Kier molecular flexibility index (Phi) is 5.59. The van der Waals surface area contributed by atoms with Gasteiger partial charge in [-0.25, -0.2) is 0 Å². The quantitative estimate of drug-likeness (QED) is 0.497. The van der Waals surface area contributed by atoms with Crippen LogP contribution < -0.4 is 4.74 Å². The molecule has 0 aliphatic carbocycles. The van der Waals surface area contributed by atoms with Crippen molar-refractivity contribution in [3.05, 3.63) is 59.4 Å². The van der Waals surface area contributed by atoms with E-state index in [0.717, 1.165) is 66.2 Å². The number of unbranched alkanes of at least 4 members (excludes halogenated alkanes) is 2. The molecule has 0 radical (unpaired) electrons. The second-order valence-electron chi connectivity index (χ2n) is 6.54. The first-order valence-electron chi connectivity index (χ1n) is 8.82. The lowest BCUT2D eigenvalue weighted by atomic mass is 10.0. The molecule has 0 spiro atoms. The fourth-order valence-electron chi connectivity index (χ4n) is 3.06. The molecule has 3 aromatic rings. The van der Waals surface area contributed by atoms with Crippen LogP contribution in [0.5, 0.6) is 5.75 Å². The van der Waals surface area contributed by atoms with Crippen molar-refractivity contribution in [2.45, 2.75) is 46.5 Å². The molecule has 3 rings (SSSR count). The van der Waals surface area contributed by atoms with Crippen LogP contribution in [0.15, 0.2) is 45.7 Å². The molecule has 0 saturated heterocycles. The molecule has 2 heterocycles. The van der Waals surface area contributed by atoms with E-state index in [0.29, 0.717) is 0 Å². The molecule has 4 heteroatoms. The molecular weight excluding hydrogens is 314 g/mol. The number of rotatable bonds is 8. The minimum absolute atomic E-state index is 0.738. The van der Waals surface area contributed by atoms with Crippen molar-refractivity contribution in [3.8, 4) is 16.9 Å². The van der Waals surface area contributed by atoms with Crippen LogP contribution in [0.25, 0.3) is 11.1 Å². The van der Waals surface area contributed by atoms with Crippen molar-refractivity contribution in [2.24, 2.45) is 0 Å². The summed E-state index contributed by atoms with van der Waals surface area (Å²) in [6.45, 7) is 6.88. The number of hydrogen-bond donors (Lipinski definition) is 0. The van der Waals surface area contributed by atoms with Gasteiger partial charge in [0.25, 0.3) is 0 Å². The molecule has 0 atom stereocenters. The Balaban J connectivity index is 1.46. The number of hydrogen-bond acceptors (Lipinski definition) is 4. The van der Waals surface area contributed by atoms with Gasteiger partial charge in [-0.3, -0.25) is 0 Å². The Morgan fingerprint density at radius 3 is 2.40 bits per heavy atom. The lowest BCUT2D eigenvalue weighted by Gasteiger charge is -2.13. The predicted octanol–water partition coefficient (Wildman–Crippen LogP) is 5.65. The second kappa shape index (κ2) is 8.06. The molecule has 25 heavy (non-hydrogen) atoms. The van der Waals surface area contributed by atoms with E-state index in [2.05, 4.69) is 31.1 Å². The van der Waals surface area contributed by atoms with Gasteiger partial charge < -0.3 is 13.7 Å². The highest BCUT2D eigenvalue weighted by atomic mass is 16.5. The topological polar surface area (TPSA) is 48.4 Å². The minimum Gasteiger partial charge on any atom is -0.493 e. The molecule has 2 aromatic heterocycles. The largest absolute Gasteiger partial charge is 0.493 e. The Bertz CT molecular complexity index is 779. The Labute approximate surface area is 148 Å². The van der Waals surface area contributed by atoms with Crippen LogP contribution in [0.3, 0.4) is 0 Å². The average Bonchev–Trinajstić information content (AvgIpc) is 3.24. The summed E-state index contributed by atoms with van der Waals surface area (Å²) in [4.78, 5) is 0. The van der Waals surface area contributed by atoms with Crippen molar-refractivity contribution in [1.29, 1.82) is 0 Å². The third-order valence-corrected chi connectivity index (χ3v) is 4.31. The van der Waals surface area contributed by atoms with Gasteiger partial charge in [0, 0.05) is 18.1 Å². The fourth-order valence-corrected chi connectivity index (χ4v) is 3.06. The lowest BCUT2D eigenvalue weighted by molar-refractivity contribution is 0.299. The highest BCUT2D eigenvalue weighted by molar-refractivity contribution is 5.66. The van der Waals surface area contributed by atoms with E-state index in [1.54, 1.807) is 12.5 Å². The summed E-state index contributed by atoms with van der Waals surface area (Å²) in [7, 11) is 0. The summed E-state index contributed by atoms with van der Waals surface area (Å²) in [6.07, 6.45) is 7.66. The van der Waals surface area contributed by atoms with E-state index in [4.69, 9.17) is 13.7 Å². The monoisotopic (exact) mass is 339 g/mol. The molecule has 0 N–H and O–H groups in total. The first-order valence-corrected chi connectivity index (χ1v) is 8.82. The zero-order valence-corrected chi connectivity index (χ0v) is 15.2. The van der Waals surface area contributed by atoms with Crippen molar-refractivity contribution in [1.82, 2.24) is 5.16 Å². The maximum Gasteiger partial charge on any atom is 0.136 e. The van der Waals surface area contributed by atoms with Gasteiger partial charge in [-0.1, -0.05) is 5.16 Å².